The molecule has 6 heteroatoms. The fraction of sp³-hybridized carbons (Fsp3) is 0. The van der Waals surface area contributed by atoms with Crippen molar-refractivity contribution in [2.45, 2.75) is 0 Å². The first-order valence-electron chi connectivity index (χ1n) is 9.11. The van der Waals surface area contributed by atoms with Crippen molar-refractivity contribution in [1.29, 1.82) is 0 Å². The minimum Gasteiger partial charge on any atom is -0.459 e. The Morgan fingerprint density at radius 1 is 0.933 bits per heavy atom. The van der Waals surface area contributed by atoms with Crippen molar-refractivity contribution in [2.24, 2.45) is 0 Å². The lowest BCUT2D eigenvalue weighted by Crippen LogP contribution is -2.10. The topological polar surface area (TPSA) is 72.5 Å². The Labute approximate surface area is 177 Å². The molecule has 4 aromatic rings. The number of furan rings is 2. The third-order valence-corrected chi connectivity index (χ3v) is 4.54. The number of anilines is 1. The van der Waals surface area contributed by atoms with Gasteiger partial charge in [-0.25, -0.2) is 0 Å². The van der Waals surface area contributed by atoms with Crippen LogP contribution in [0, 0.1) is 0 Å². The molecule has 1 N–H and O–H groups in total. The zero-order valence-electron chi connectivity index (χ0n) is 15.7. The molecule has 0 spiro atoms. The zero-order valence-corrected chi connectivity index (χ0v) is 16.4. The highest BCUT2D eigenvalue weighted by Crippen LogP contribution is 2.25. The maximum Gasteiger partial charge on any atom is 0.291 e. The van der Waals surface area contributed by atoms with E-state index in [1.165, 1.54) is 12.3 Å². The molecule has 0 aliphatic carbocycles. The summed E-state index contributed by atoms with van der Waals surface area (Å²) < 4.78 is 10.8. The Bertz CT molecular complexity index is 1200. The maximum atomic E-state index is 12.4. The molecule has 0 aliphatic heterocycles. The number of nitrogens with one attached hydrogen (secondary N) is 1. The molecule has 0 bridgehead atoms. The first-order valence-corrected chi connectivity index (χ1v) is 9.49. The smallest absolute Gasteiger partial charge is 0.291 e. The summed E-state index contributed by atoms with van der Waals surface area (Å²) in [6.07, 6.45) is 4.49. The van der Waals surface area contributed by atoms with Crippen molar-refractivity contribution in [2.75, 3.05) is 5.32 Å². The number of carbonyl (C=O) groups excluding carboxylic acids is 2. The Hall–Kier alpha value is -3.83. The van der Waals surface area contributed by atoms with Crippen LogP contribution in [0.25, 0.3) is 17.4 Å². The van der Waals surface area contributed by atoms with Crippen molar-refractivity contribution in [3.8, 4) is 11.3 Å². The summed E-state index contributed by atoms with van der Waals surface area (Å²) in [4.78, 5) is 24.4. The first-order chi connectivity index (χ1) is 14.6. The molecule has 0 saturated carbocycles. The van der Waals surface area contributed by atoms with Gasteiger partial charge in [0.25, 0.3) is 5.91 Å². The summed E-state index contributed by atoms with van der Waals surface area (Å²) in [5.41, 5.74) is 1.92. The summed E-state index contributed by atoms with van der Waals surface area (Å²) >= 11 is 6.01. The van der Waals surface area contributed by atoms with Crippen LogP contribution in [0.1, 0.15) is 26.7 Å². The summed E-state index contributed by atoms with van der Waals surface area (Å²) in [7, 11) is 0. The molecule has 4 rings (SSSR count). The van der Waals surface area contributed by atoms with E-state index in [2.05, 4.69) is 5.32 Å². The summed E-state index contributed by atoms with van der Waals surface area (Å²) in [6, 6.07) is 20.8. The summed E-state index contributed by atoms with van der Waals surface area (Å²) in [6.45, 7) is 0. The number of rotatable bonds is 6. The lowest BCUT2D eigenvalue weighted by atomic mass is 10.1. The van der Waals surface area contributed by atoms with Crippen LogP contribution >= 0.6 is 11.6 Å². The van der Waals surface area contributed by atoms with Gasteiger partial charge in [0, 0.05) is 21.8 Å². The summed E-state index contributed by atoms with van der Waals surface area (Å²) in [5.74, 6) is 0.905. The average molecular weight is 418 g/mol. The molecule has 2 aromatic heterocycles. The van der Waals surface area contributed by atoms with Gasteiger partial charge in [-0.3, -0.25) is 9.59 Å². The van der Waals surface area contributed by atoms with E-state index < -0.39 is 0 Å². The van der Waals surface area contributed by atoms with E-state index in [4.69, 9.17) is 20.4 Å². The van der Waals surface area contributed by atoms with Crippen LogP contribution in [0.4, 0.5) is 5.69 Å². The third kappa shape index (κ3) is 4.59. The fourth-order valence-corrected chi connectivity index (χ4v) is 3.00. The van der Waals surface area contributed by atoms with Gasteiger partial charge in [0.1, 0.15) is 11.5 Å². The normalized spacial score (nSPS) is 11.0. The van der Waals surface area contributed by atoms with Gasteiger partial charge in [0.05, 0.1) is 6.26 Å². The highest BCUT2D eigenvalue weighted by Gasteiger charge is 2.09. The molecule has 0 atom stereocenters. The fourth-order valence-electron chi connectivity index (χ4n) is 2.81. The van der Waals surface area contributed by atoms with E-state index in [0.717, 1.165) is 5.56 Å². The Morgan fingerprint density at radius 3 is 2.50 bits per heavy atom. The first kappa shape index (κ1) is 19.5. The van der Waals surface area contributed by atoms with Crippen molar-refractivity contribution in [3.05, 3.63) is 107 Å². The molecular weight excluding hydrogens is 402 g/mol. The van der Waals surface area contributed by atoms with Gasteiger partial charge < -0.3 is 14.2 Å². The molecule has 2 heterocycles. The Kier molecular flexibility index (Phi) is 5.63. The number of allylic oxidation sites excluding steroid dienone is 1. The number of carbonyl (C=O) groups is 2. The highest BCUT2D eigenvalue weighted by atomic mass is 35.5. The number of amides is 1. The third-order valence-electron chi connectivity index (χ3n) is 4.31. The lowest BCUT2D eigenvalue weighted by molar-refractivity contribution is 0.0996. The van der Waals surface area contributed by atoms with Crippen LogP contribution in [0.15, 0.2) is 94.0 Å². The van der Waals surface area contributed by atoms with Gasteiger partial charge in [-0.2, -0.15) is 0 Å². The Morgan fingerprint density at radius 2 is 1.77 bits per heavy atom. The van der Waals surface area contributed by atoms with Gasteiger partial charge in [-0.05, 0) is 72.8 Å². The monoisotopic (exact) mass is 417 g/mol. The second-order valence-corrected chi connectivity index (χ2v) is 6.86. The SMILES string of the molecule is O=C(/C=C/c1ccc(-c2cccc(Cl)c2)o1)c1ccc(NC(=O)c2ccco2)cc1. The largest absolute Gasteiger partial charge is 0.459 e. The van der Waals surface area contributed by atoms with Gasteiger partial charge in [0.15, 0.2) is 11.5 Å². The molecule has 0 saturated heterocycles. The van der Waals surface area contributed by atoms with E-state index in [0.29, 0.717) is 27.8 Å². The molecular formula is C24H16ClNO4. The van der Waals surface area contributed by atoms with Gasteiger partial charge in [0.2, 0.25) is 0 Å². The maximum absolute atomic E-state index is 12.4. The van der Waals surface area contributed by atoms with Crippen molar-refractivity contribution in [1.82, 2.24) is 0 Å². The zero-order chi connectivity index (χ0) is 20.9. The van der Waals surface area contributed by atoms with E-state index in [1.807, 2.05) is 24.3 Å². The van der Waals surface area contributed by atoms with Crippen molar-refractivity contribution < 1.29 is 18.4 Å². The quantitative estimate of drug-likeness (QED) is 0.293. The van der Waals surface area contributed by atoms with E-state index in [1.54, 1.807) is 54.6 Å². The standard InChI is InChI=1S/C24H16ClNO4/c25-18-4-1-3-17(15-18)22-13-11-20(30-22)10-12-21(27)16-6-8-19(9-7-16)26-24(28)23-5-2-14-29-23/h1-15H,(H,26,28)/b12-10+. The number of hydrogen-bond donors (Lipinski definition) is 1. The van der Waals surface area contributed by atoms with Crippen LogP contribution in [0.5, 0.6) is 0 Å². The molecule has 30 heavy (non-hydrogen) atoms. The van der Waals surface area contributed by atoms with Crippen LogP contribution in [-0.2, 0) is 0 Å². The number of ketones is 1. The van der Waals surface area contributed by atoms with E-state index >= 15 is 0 Å². The molecule has 1 amide bonds. The van der Waals surface area contributed by atoms with Crippen LogP contribution in [0.3, 0.4) is 0 Å². The number of halogens is 1. The van der Waals surface area contributed by atoms with Crippen molar-refractivity contribution >= 4 is 35.1 Å². The van der Waals surface area contributed by atoms with Crippen LogP contribution < -0.4 is 5.32 Å². The number of hydrogen-bond acceptors (Lipinski definition) is 4. The molecule has 0 aliphatic rings. The van der Waals surface area contributed by atoms with Gasteiger partial charge in [-0.15, -0.1) is 0 Å². The molecule has 0 fully saturated rings. The molecule has 0 radical (unpaired) electrons. The lowest BCUT2D eigenvalue weighted by Gasteiger charge is -2.03. The molecule has 148 valence electrons. The highest BCUT2D eigenvalue weighted by molar-refractivity contribution is 6.30. The predicted molar refractivity (Wildman–Crippen MR) is 116 cm³/mol. The molecule has 2 aromatic carbocycles. The van der Waals surface area contributed by atoms with Crippen LogP contribution in [0.2, 0.25) is 5.02 Å². The molecule has 0 unspecified atom stereocenters. The summed E-state index contributed by atoms with van der Waals surface area (Å²) in [5, 5.41) is 3.33. The minimum absolute atomic E-state index is 0.181. The second kappa shape index (κ2) is 8.68. The van der Waals surface area contributed by atoms with Gasteiger partial charge in [-0.1, -0.05) is 23.7 Å². The van der Waals surface area contributed by atoms with Gasteiger partial charge >= 0.3 is 0 Å². The van der Waals surface area contributed by atoms with Crippen molar-refractivity contribution in [3.63, 3.8) is 0 Å². The van der Waals surface area contributed by atoms with E-state index in [9.17, 15) is 9.59 Å². The second-order valence-electron chi connectivity index (χ2n) is 6.42. The average Bonchev–Trinajstić information content (AvgIpc) is 3.45. The predicted octanol–water partition coefficient (Wildman–Crippen LogP) is 6.34. The van der Waals surface area contributed by atoms with Crippen LogP contribution in [-0.4, -0.2) is 11.7 Å². The molecule has 5 nitrogen and oxygen atoms in total. The number of benzene rings is 2. The Balaban J connectivity index is 1.40. The minimum atomic E-state index is -0.354. The van der Waals surface area contributed by atoms with E-state index in [-0.39, 0.29) is 17.5 Å².